The third-order valence-corrected chi connectivity index (χ3v) is 4.48. The zero-order valence-corrected chi connectivity index (χ0v) is 10.7. The SMILES string of the molecule is CCC1(c2nnc3n2CCCC3)CCCNC1. The summed E-state index contributed by atoms with van der Waals surface area (Å²) < 4.78 is 2.40. The van der Waals surface area contributed by atoms with Gasteiger partial charge in [-0.2, -0.15) is 0 Å². The Kier molecular flexibility index (Phi) is 2.90. The summed E-state index contributed by atoms with van der Waals surface area (Å²) in [7, 11) is 0. The van der Waals surface area contributed by atoms with E-state index in [1.165, 1.54) is 37.3 Å². The molecular formula is C13H22N4. The summed E-state index contributed by atoms with van der Waals surface area (Å²) in [5, 5.41) is 12.5. The molecule has 2 aliphatic heterocycles. The molecule has 1 aromatic heterocycles. The van der Waals surface area contributed by atoms with E-state index in [0.717, 1.165) is 32.5 Å². The number of nitrogens with zero attached hydrogens (tertiary/aromatic N) is 3. The monoisotopic (exact) mass is 234 g/mol. The second-order valence-corrected chi connectivity index (χ2v) is 5.46. The van der Waals surface area contributed by atoms with Crippen molar-refractivity contribution in [2.45, 2.75) is 57.4 Å². The maximum absolute atomic E-state index is 4.54. The van der Waals surface area contributed by atoms with Gasteiger partial charge in [0.05, 0.1) is 0 Å². The summed E-state index contributed by atoms with van der Waals surface area (Å²) >= 11 is 0. The van der Waals surface area contributed by atoms with Crippen LogP contribution >= 0.6 is 0 Å². The van der Waals surface area contributed by atoms with Gasteiger partial charge in [-0.05, 0) is 38.6 Å². The average Bonchev–Trinajstić information content (AvgIpc) is 2.84. The van der Waals surface area contributed by atoms with E-state index < -0.39 is 0 Å². The first kappa shape index (κ1) is 11.2. The van der Waals surface area contributed by atoms with Gasteiger partial charge < -0.3 is 9.88 Å². The Hall–Kier alpha value is -0.900. The molecule has 1 N–H and O–H groups in total. The van der Waals surface area contributed by atoms with Gasteiger partial charge in [0.1, 0.15) is 11.6 Å². The maximum Gasteiger partial charge on any atom is 0.140 e. The highest BCUT2D eigenvalue weighted by molar-refractivity contribution is 5.14. The van der Waals surface area contributed by atoms with Crippen molar-refractivity contribution in [3.8, 4) is 0 Å². The number of hydrogen-bond donors (Lipinski definition) is 1. The van der Waals surface area contributed by atoms with Gasteiger partial charge in [0.2, 0.25) is 0 Å². The number of aryl methyl sites for hydroxylation is 1. The molecule has 3 rings (SSSR count). The summed E-state index contributed by atoms with van der Waals surface area (Å²) in [6, 6.07) is 0. The summed E-state index contributed by atoms with van der Waals surface area (Å²) in [5.74, 6) is 2.46. The lowest BCUT2D eigenvalue weighted by molar-refractivity contribution is 0.274. The van der Waals surface area contributed by atoms with Gasteiger partial charge in [0.15, 0.2) is 0 Å². The first-order valence-corrected chi connectivity index (χ1v) is 6.99. The third-order valence-electron chi connectivity index (χ3n) is 4.48. The van der Waals surface area contributed by atoms with Crippen LogP contribution in [0.4, 0.5) is 0 Å². The molecule has 94 valence electrons. The standard InChI is InChI=1S/C13H22N4/c1-2-13(7-5-8-14-10-13)12-16-15-11-6-3-4-9-17(11)12/h14H,2-10H2,1H3. The van der Waals surface area contributed by atoms with Crippen molar-refractivity contribution in [3.05, 3.63) is 11.6 Å². The van der Waals surface area contributed by atoms with Crippen LogP contribution in [0.1, 0.15) is 50.7 Å². The molecule has 0 saturated carbocycles. The maximum atomic E-state index is 4.54. The highest BCUT2D eigenvalue weighted by Crippen LogP contribution is 2.34. The van der Waals surface area contributed by atoms with E-state index in [9.17, 15) is 0 Å². The van der Waals surface area contributed by atoms with Gasteiger partial charge in [-0.25, -0.2) is 0 Å². The van der Waals surface area contributed by atoms with E-state index in [0.29, 0.717) is 0 Å². The summed E-state index contributed by atoms with van der Waals surface area (Å²) in [5.41, 5.74) is 0.237. The number of aromatic nitrogens is 3. The van der Waals surface area contributed by atoms with Crippen molar-refractivity contribution >= 4 is 0 Å². The predicted octanol–water partition coefficient (Wildman–Crippen LogP) is 1.65. The lowest BCUT2D eigenvalue weighted by Gasteiger charge is -2.36. The Labute approximate surface area is 103 Å². The van der Waals surface area contributed by atoms with E-state index in [1.54, 1.807) is 0 Å². The molecule has 0 spiro atoms. The number of rotatable bonds is 2. The zero-order valence-electron chi connectivity index (χ0n) is 10.7. The van der Waals surface area contributed by atoms with Crippen LogP contribution in [0.15, 0.2) is 0 Å². The largest absolute Gasteiger partial charge is 0.316 e. The fourth-order valence-electron chi connectivity index (χ4n) is 3.32. The van der Waals surface area contributed by atoms with E-state index in [1.807, 2.05) is 0 Å². The molecule has 17 heavy (non-hydrogen) atoms. The zero-order chi connectivity index (χ0) is 11.7. The first-order valence-electron chi connectivity index (χ1n) is 6.99. The predicted molar refractivity (Wildman–Crippen MR) is 67.0 cm³/mol. The minimum Gasteiger partial charge on any atom is -0.316 e. The fraction of sp³-hybridized carbons (Fsp3) is 0.846. The first-order chi connectivity index (χ1) is 8.36. The molecule has 0 bridgehead atoms. The second-order valence-electron chi connectivity index (χ2n) is 5.46. The lowest BCUT2D eigenvalue weighted by atomic mass is 9.77. The molecule has 4 heteroatoms. The highest BCUT2D eigenvalue weighted by atomic mass is 15.3. The lowest BCUT2D eigenvalue weighted by Crippen LogP contribution is -2.45. The Morgan fingerprint density at radius 2 is 2.24 bits per heavy atom. The van der Waals surface area contributed by atoms with Crippen LogP contribution in [-0.4, -0.2) is 27.9 Å². The topological polar surface area (TPSA) is 42.7 Å². The van der Waals surface area contributed by atoms with E-state index in [2.05, 4.69) is 27.0 Å². The minimum atomic E-state index is 0.237. The smallest absolute Gasteiger partial charge is 0.140 e. The highest BCUT2D eigenvalue weighted by Gasteiger charge is 2.37. The quantitative estimate of drug-likeness (QED) is 0.846. The summed E-state index contributed by atoms with van der Waals surface area (Å²) in [6.07, 6.45) is 7.35. The van der Waals surface area contributed by atoms with Gasteiger partial charge in [0, 0.05) is 24.9 Å². The molecule has 3 heterocycles. The Balaban J connectivity index is 1.98. The number of piperidine rings is 1. The average molecular weight is 234 g/mol. The van der Waals surface area contributed by atoms with Crippen molar-refractivity contribution in [2.24, 2.45) is 0 Å². The van der Waals surface area contributed by atoms with Crippen LogP contribution in [0, 0.1) is 0 Å². The van der Waals surface area contributed by atoms with Crippen LogP contribution in [0.3, 0.4) is 0 Å². The molecule has 4 nitrogen and oxygen atoms in total. The van der Waals surface area contributed by atoms with Gasteiger partial charge in [-0.3, -0.25) is 0 Å². The van der Waals surface area contributed by atoms with Gasteiger partial charge in [-0.15, -0.1) is 10.2 Å². The van der Waals surface area contributed by atoms with E-state index in [4.69, 9.17) is 0 Å². The molecule has 2 aliphatic rings. The molecule has 1 fully saturated rings. The van der Waals surface area contributed by atoms with Crippen molar-refractivity contribution in [2.75, 3.05) is 13.1 Å². The van der Waals surface area contributed by atoms with Crippen LogP contribution < -0.4 is 5.32 Å². The molecular weight excluding hydrogens is 212 g/mol. The minimum absolute atomic E-state index is 0.237. The second kappa shape index (κ2) is 4.41. The molecule has 0 aliphatic carbocycles. The molecule has 1 unspecified atom stereocenters. The molecule has 1 aromatic rings. The third kappa shape index (κ3) is 1.79. The summed E-state index contributed by atoms with van der Waals surface area (Å²) in [6.45, 7) is 5.64. The van der Waals surface area contributed by atoms with Crippen molar-refractivity contribution in [1.82, 2.24) is 20.1 Å². The molecule has 1 saturated heterocycles. The van der Waals surface area contributed by atoms with Crippen LogP contribution in [0.5, 0.6) is 0 Å². The van der Waals surface area contributed by atoms with E-state index in [-0.39, 0.29) is 5.41 Å². The Morgan fingerprint density at radius 3 is 3.00 bits per heavy atom. The van der Waals surface area contributed by atoms with Gasteiger partial charge >= 0.3 is 0 Å². The van der Waals surface area contributed by atoms with Crippen molar-refractivity contribution in [1.29, 1.82) is 0 Å². The van der Waals surface area contributed by atoms with Crippen molar-refractivity contribution < 1.29 is 0 Å². The van der Waals surface area contributed by atoms with Gasteiger partial charge in [-0.1, -0.05) is 6.92 Å². The number of nitrogens with one attached hydrogen (secondary N) is 1. The number of fused-ring (bicyclic) bond motifs is 1. The molecule has 0 radical (unpaired) electrons. The molecule has 0 aromatic carbocycles. The Morgan fingerprint density at radius 1 is 1.29 bits per heavy atom. The summed E-state index contributed by atoms with van der Waals surface area (Å²) in [4.78, 5) is 0. The van der Waals surface area contributed by atoms with E-state index >= 15 is 0 Å². The number of hydrogen-bond acceptors (Lipinski definition) is 3. The van der Waals surface area contributed by atoms with Crippen LogP contribution in [0.25, 0.3) is 0 Å². The van der Waals surface area contributed by atoms with Crippen LogP contribution in [-0.2, 0) is 18.4 Å². The van der Waals surface area contributed by atoms with Gasteiger partial charge in [0.25, 0.3) is 0 Å². The Bertz CT molecular complexity index is 390. The van der Waals surface area contributed by atoms with Crippen LogP contribution in [0.2, 0.25) is 0 Å². The molecule has 0 amide bonds. The normalized spacial score (nSPS) is 29.0. The van der Waals surface area contributed by atoms with Crippen molar-refractivity contribution in [3.63, 3.8) is 0 Å². The fourth-order valence-corrected chi connectivity index (χ4v) is 3.32. The molecule has 1 atom stereocenters.